The van der Waals surface area contributed by atoms with Crippen LogP contribution in [0.3, 0.4) is 0 Å². The smallest absolute Gasteiger partial charge is 0.237 e. The highest BCUT2D eigenvalue weighted by Gasteiger charge is 2.28. The van der Waals surface area contributed by atoms with E-state index >= 15 is 0 Å². The number of aromatic hydroxyl groups is 1. The van der Waals surface area contributed by atoms with E-state index in [0.717, 1.165) is 21.7 Å². The number of phenolic OH excluding ortho intramolecular Hbond substituents is 1. The molecule has 1 fully saturated rings. The van der Waals surface area contributed by atoms with Gasteiger partial charge in [0.15, 0.2) is 0 Å². The van der Waals surface area contributed by atoms with Crippen LogP contribution in [0, 0.1) is 0 Å². The second kappa shape index (κ2) is 7.04. The lowest BCUT2D eigenvalue weighted by molar-refractivity contribution is -0.125. The van der Waals surface area contributed by atoms with Crippen molar-refractivity contribution in [2.24, 2.45) is 0 Å². The molecule has 25 heavy (non-hydrogen) atoms. The summed E-state index contributed by atoms with van der Waals surface area (Å²) in [5.74, 6) is 0.781. The van der Waals surface area contributed by atoms with E-state index in [0.29, 0.717) is 18.0 Å². The number of phenols is 1. The summed E-state index contributed by atoms with van der Waals surface area (Å²) in [5.41, 5.74) is 2.38. The lowest BCUT2D eigenvalue weighted by Crippen LogP contribution is -2.27. The average Bonchev–Trinajstić information content (AvgIpc) is 2.80. The molecule has 0 unspecified atom stereocenters. The van der Waals surface area contributed by atoms with Crippen molar-refractivity contribution in [1.29, 1.82) is 0 Å². The number of benzene rings is 1. The first-order valence-electron chi connectivity index (χ1n) is 8.59. The number of β-amino-alcohol motifs (C(OH)–C–C–N with tert-alkyl or cyclic N) is 1. The predicted octanol–water partition coefficient (Wildman–Crippen LogP) is 3.85. The molecule has 0 radical (unpaired) electrons. The number of rotatable bonds is 3. The quantitative estimate of drug-likeness (QED) is 0.856. The van der Waals surface area contributed by atoms with Crippen LogP contribution >= 0.6 is 11.8 Å². The van der Waals surface area contributed by atoms with Crippen molar-refractivity contribution in [2.45, 2.75) is 52.4 Å². The highest BCUT2D eigenvalue weighted by molar-refractivity contribution is 8.04. The van der Waals surface area contributed by atoms with E-state index in [9.17, 15) is 15.0 Å². The molecule has 5 heteroatoms. The minimum atomic E-state index is -0.192. The summed E-state index contributed by atoms with van der Waals surface area (Å²) in [6, 6.07) is 4.00. The van der Waals surface area contributed by atoms with Crippen LogP contribution in [0.5, 0.6) is 5.75 Å². The summed E-state index contributed by atoms with van der Waals surface area (Å²) in [7, 11) is 0. The van der Waals surface area contributed by atoms with Gasteiger partial charge in [0.1, 0.15) is 5.75 Å². The van der Waals surface area contributed by atoms with Crippen molar-refractivity contribution in [1.82, 2.24) is 4.90 Å². The molecule has 2 rings (SSSR count). The number of hydrogen-bond donors (Lipinski definition) is 2. The fourth-order valence-corrected chi connectivity index (χ4v) is 3.89. The summed E-state index contributed by atoms with van der Waals surface area (Å²) in [5, 5.41) is 20.9. The van der Waals surface area contributed by atoms with Crippen LogP contribution in [-0.4, -0.2) is 39.9 Å². The maximum atomic E-state index is 12.0. The molecule has 4 nitrogen and oxygen atoms in total. The zero-order chi connectivity index (χ0) is 19.0. The Bertz CT molecular complexity index is 661. The lowest BCUT2D eigenvalue weighted by Gasteiger charge is -2.28. The van der Waals surface area contributed by atoms with E-state index < -0.39 is 0 Å². The normalized spacial score (nSPS) is 17.6. The Kier molecular flexibility index (Phi) is 5.59. The number of hydrogen-bond acceptors (Lipinski definition) is 4. The molecule has 2 N–H and O–H groups in total. The summed E-state index contributed by atoms with van der Waals surface area (Å²) >= 11 is 1.49. The number of carbonyl (C=O) groups excluding carboxylic acids is 1. The van der Waals surface area contributed by atoms with E-state index in [1.807, 2.05) is 18.2 Å². The van der Waals surface area contributed by atoms with Crippen LogP contribution in [-0.2, 0) is 15.6 Å². The van der Waals surface area contributed by atoms with Crippen LogP contribution in [0.2, 0.25) is 0 Å². The van der Waals surface area contributed by atoms with Gasteiger partial charge in [-0.1, -0.05) is 53.3 Å². The van der Waals surface area contributed by atoms with Crippen LogP contribution in [0.1, 0.15) is 58.2 Å². The van der Waals surface area contributed by atoms with E-state index in [4.69, 9.17) is 0 Å². The highest BCUT2D eigenvalue weighted by Crippen LogP contribution is 2.41. The van der Waals surface area contributed by atoms with E-state index in [1.54, 1.807) is 4.90 Å². The van der Waals surface area contributed by atoms with Gasteiger partial charge in [-0.3, -0.25) is 4.79 Å². The zero-order valence-electron chi connectivity index (χ0n) is 16.0. The van der Waals surface area contributed by atoms with Gasteiger partial charge in [-0.05, 0) is 34.6 Å². The Hall–Kier alpha value is -1.46. The van der Waals surface area contributed by atoms with Crippen molar-refractivity contribution in [2.75, 3.05) is 18.9 Å². The third-order valence-electron chi connectivity index (χ3n) is 4.27. The van der Waals surface area contributed by atoms with Gasteiger partial charge < -0.3 is 15.1 Å². The van der Waals surface area contributed by atoms with E-state index in [-0.39, 0.29) is 23.3 Å². The highest BCUT2D eigenvalue weighted by atomic mass is 32.2. The summed E-state index contributed by atoms with van der Waals surface area (Å²) in [6.45, 7) is 12.7. The minimum Gasteiger partial charge on any atom is -0.507 e. The number of nitrogens with zero attached hydrogens (tertiary/aromatic N) is 1. The molecule has 1 aliphatic heterocycles. The number of thioether (sulfide) groups is 1. The minimum absolute atomic E-state index is 0.0242. The molecule has 1 aliphatic rings. The molecule has 1 amide bonds. The Morgan fingerprint density at radius 3 is 2.08 bits per heavy atom. The molecule has 138 valence electrons. The number of aliphatic hydroxyl groups is 1. The van der Waals surface area contributed by atoms with Gasteiger partial charge in [0, 0.05) is 17.7 Å². The van der Waals surface area contributed by atoms with Gasteiger partial charge in [0.05, 0.1) is 17.4 Å². The van der Waals surface area contributed by atoms with Gasteiger partial charge in [-0.2, -0.15) is 0 Å². The van der Waals surface area contributed by atoms with E-state index in [2.05, 4.69) is 41.5 Å². The Morgan fingerprint density at radius 1 is 1.12 bits per heavy atom. The fourth-order valence-electron chi connectivity index (χ4n) is 2.90. The second-order valence-electron chi connectivity index (χ2n) is 8.50. The molecule has 0 saturated carbocycles. The molecular formula is C20H29NO3S. The molecule has 0 aliphatic carbocycles. The monoisotopic (exact) mass is 363 g/mol. The van der Waals surface area contributed by atoms with Crippen LogP contribution in [0.4, 0.5) is 0 Å². The molecule has 0 atom stereocenters. The van der Waals surface area contributed by atoms with Crippen molar-refractivity contribution in [3.63, 3.8) is 0 Å². The second-order valence-corrected chi connectivity index (χ2v) is 9.50. The average molecular weight is 364 g/mol. The zero-order valence-corrected chi connectivity index (χ0v) is 16.8. The maximum absolute atomic E-state index is 12.0. The Labute approximate surface area is 154 Å². The fraction of sp³-hybridized carbons (Fsp3) is 0.550. The van der Waals surface area contributed by atoms with Gasteiger partial charge in [-0.25, -0.2) is 0 Å². The van der Waals surface area contributed by atoms with Crippen LogP contribution in [0.25, 0.3) is 6.08 Å². The van der Waals surface area contributed by atoms with Gasteiger partial charge >= 0.3 is 0 Å². The number of carbonyl (C=O) groups is 1. The molecular weight excluding hydrogens is 334 g/mol. The van der Waals surface area contributed by atoms with Crippen LogP contribution in [0.15, 0.2) is 17.2 Å². The first kappa shape index (κ1) is 19.9. The largest absolute Gasteiger partial charge is 0.507 e. The Morgan fingerprint density at radius 2 is 1.64 bits per heavy atom. The van der Waals surface area contributed by atoms with Crippen molar-refractivity contribution in [3.8, 4) is 5.75 Å². The number of amides is 1. The van der Waals surface area contributed by atoms with Crippen molar-refractivity contribution >= 4 is 23.7 Å². The van der Waals surface area contributed by atoms with Gasteiger partial charge in [-0.15, -0.1) is 0 Å². The molecule has 0 spiro atoms. The molecule has 1 aromatic rings. The molecule has 1 saturated heterocycles. The third-order valence-corrected chi connectivity index (χ3v) is 5.30. The van der Waals surface area contributed by atoms with Crippen molar-refractivity contribution < 1.29 is 15.0 Å². The molecule has 0 aromatic heterocycles. The summed E-state index contributed by atoms with van der Waals surface area (Å²) < 4.78 is 0. The Balaban J connectivity index is 2.58. The first-order valence-corrected chi connectivity index (χ1v) is 9.57. The van der Waals surface area contributed by atoms with E-state index in [1.165, 1.54) is 11.8 Å². The maximum Gasteiger partial charge on any atom is 0.237 e. The third kappa shape index (κ3) is 4.39. The summed E-state index contributed by atoms with van der Waals surface area (Å²) in [6.07, 6.45) is 1.98. The first-order chi connectivity index (χ1) is 11.4. The van der Waals surface area contributed by atoms with Gasteiger partial charge in [0.2, 0.25) is 5.91 Å². The number of aliphatic hydroxyl groups excluding tert-OH is 1. The lowest BCUT2D eigenvalue weighted by atomic mass is 9.78. The van der Waals surface area contributed by atoms with Crippen molar-refractivity contribution in [3.05, 3.63) is 33.9 Å². The van der Waals surface area contributed by atoms with Gasteiger partial charge in [0.25, 0.3) is 0 Å². The molecule has 1 heterocycles. The summed E-state index contributed by atoms with van der Waals surface area (Å²) in [4.78, 5) is 13.6. The SMILES string of the molecule is CC(C)(C)c1cc(C=C2SCC(=O)N2CCO)cc(C(C)(C)C)c1O. The molecule has 0 bridgehead atoms. The standard InChI is InChI=1S/C20H29NO3S/c1-19(2,3)14-9-13(10-15(18(14)24)20(4,5)6)11-17-21(7-8-22)16(23)12-25-17/h9-11,22,24H,7-8,12H2,1-6H3. The predicted molar refractivity (Wildman–Crippen MR) is 105 cm³/mol. The molecule has 1 aromatic carbocycles. The topological polar surface area (TPSA) is 60.8 Å². The van der Waals surface area contributed by atoms with Crippen LogP contribution < -0.4 is 0 Å².